The van der Waals surface area contributed by atoms with Crippen LogP contribution in [-0.2, 0) is 14.8 Å². The molecule has 6 nitrogen and oxygen atoms in total. The number of amides is 1. The highest BCUT2D eigenvalue weighted by atomic mass is 32.2. The Hall–Kier alpha value is -2.04. The second kappa shape index (κ2) is 7.89. The third-order valence-corrected chi connectivity index (χ3v) is 5.81. The molecular weight excluding hydrogens is 372 g/mol. The van der Waals surface area contributed by atoms with Crippen LogP contribution < -0.4 is 5.32 Å². The molecule has 0 bridgehead atoms. The summed E-state index contributed by atoms with van der Waals surface area (Å²) in [5.74, 6) is -2.48. The summed E-state index contributed by atoms with van der Waals surface area (Å²) in [6.07, 6.45) is 1.19. The molecule has 0 aliphatic rings. The van der Waals surface area contributed by atoms with Crippen LogP contribution in [0, 0.1) is 11.6 Å². The first-order chi connectivity index (χ1) is 11.7. The van der Waals surface area contributed by atoms with Gasteiger partial charge >= 0.3 is 0 Å². The van der Waals surface area contributed by atoms with Crippen LogP contribution in [0.25, 0.3) is 0 Å². The van der Waals surface area contributed by atoms with Crippen LogP contribution in [0.15, 0.2) is 46.5 Å². The Morgan fingerprint density at radius 1 is 1.20 bits per heavy atom. The number of thioether (sulfide) groups is 1. The molecule has 0 fully saturated rings. The normalized spacial score (nSPS) is 11.6. The average molecular weight is 387 g/mol. The van der Waals surface area contributed by atoms with Gasteiger partial charge in [0.1, 0.15) is 22.2 Å². The summed E-state index contributed by atoms with van der Waals surface area (Å²) in [5, 5.41) is 2.56. The fourth-order valence-corrected chi connectivity index (χ4v) is 3.24. The van der Waals surface area contributed by atoms with Gasteiger partial charge in [-0.1, -0.05) is 17.8 Å². The van der Waals surface area contributed by atoms with Crippen molar-refractivity contribution in [1.82, 2.24) is 9.29 Å². The molecule has 2 aromatic rings. The number of anilines is 1. The molecule has 1 N–H and O–H groups in total. The summed E-state index contributed by atoms with van der Waals surface area (Å²) in [5.41, 5.74) is -0.506. The van der Waals surface area contributed by atoms with Gasteiger partial charge in [-0.25, -0.2) is 26.5 Å². The SMILES string of the molecule is CN(C)S(=O)(=O)c1ccc(SCC(=O)Nc2c(F)cccc2F)nc1. The number of nitrogens with one attached hydrogen (secondary N) is 1. The van der Waals surface area contributed by atoms with Gasteiger partial charge < -0.3 is 5.32 Å². The molecule has 0 atom stereocenters. The lowest BCUT2D eigenvalue weighted by Gasteiger charge is -2.11. The number of carbonyl (C=O) groups excluding carboxylic acids is 1. The van der Waals surface area contributed by atoms with Gasteiger partial charge in [0, 0.05) is 20.3 Å². The predicted molar refractivity (Wildman–Crippen MR) is 90.8 cm³/mol. The van der Waals surface area contributed by atoms with E-state index in [4.69, 9.17) is 0 Å². The van der Waals surface area contributed by atoms with Crippen LogP contribution in [0.4, 0.5) is 14.5 Å². The topological polar surface area (TPSA) is 79.4 Å². The summed E-state index contributed by atoms with van der Waals surface area (Å²) in [6.45, 7) is 0. The number of nitrogens with zero attached hydrogens (tertiary/aromatic N) is 2. The summed E-state index contributed by atoms with van der Waals surface area (Å²) in [4.78, 5) is 15.8. The van der Waals surface area contributed by atoms with Gasteiger partial charge in [-0.05, 0) is 24.3 Å². The lowest BCUT2D eigenvalue weighted by molar-refractivity contribution is -0.113. The maximum Gasteiger partial charge on any atom is 0.244 e. The maximum atomic E-state index is 13.5. The van der Waals surface area contributed by atoms with Gasteiger partial charge in [0.15, 0.2) is 0 Å². The van der Waals surface area contributed by atoms with Crippen molar-refractivity contribution in [2.45, 2.75) is 9.92 Å². The Morgan fingerprint density at radius 2 is 1.84 bits per heavy atom. The fourth-order valence-electron chi connectivity index (χ4n) is 1.75. The maximum absolute atomic E-state index is 13.5. The highest BCUT2D eigenvalue weighted by Crippen LogP contribution is 2.21. The molecule has 134 valence electrons. The number of hydrogen-bond donors (Lipinski definition) is 1. The van der Waals surface area contributed by atoms with Crippen LogP contribution in [0.2, 0.25) is 0 Å². The van der Waals surface area contributed by atoms with Crippen molar-refractivity contribution >= 4 is 33.4 Å². The van der Waals surface area contributed by atoms with Crippen molar-refractivity contribution in [1.29, 1.82) is 0 Å². The van der Waals surface area contributed by atoms with E-state index in [1.165, 1.54) is 38.5 Å². The largest absolute Gasteiger partial charge is 0.320 e. The summed E-state index contributed by atoms with van der Waals surface area (Å²) < 4.78 is 51.8. The van der Waals surface area contributed by atoms with E-state index in [1.54, 1.807) is 0 Å². The fraction of sp³-hybridized carbons (Fsp3) is 0.200. The van der Waals surface area contributed by atoms with Gasteiger partial charge in [-0.3, -0.25) is 4.79 Å². The molecule has 1 aromatic heterocycles. The van der Waals surface area contributed by atoms with Crippen molar-refractivity contribution in [3.63, 3.8) is 0 Å². The highest BCUT2D eigenvalue weighted by Gasteiger charge is 2.17. The number of halogens is 2. The number of rotatable bonds is 6. The van der Waals surface area contributed by atoms with Crippen LogP contribution in [0.5, 0.6) is 0 Å². The molecule has 0 aliphatic carbocycles. The third kappa shape index (κ3) is 4.74. The monoisotopic (exact) mass is 387 g/mol. The second-order valence-corrected chi connectivity index (χ2v) is 8.20. The Bertz CT molecular complexity index is 852. The molecular formula is C15H15F2N3O3S2. The molecule has 10 heteroatoms. The van der Waals surface area contributed by atoms with Crippen molar-refractivity contribution in [2.75, 3.05) is 25.2 Å². The number of hydrogen-bond acceptors (Lipinski definition) is 5. The molecule has 0 radical (unpaired) electrons. The number of para-hydroxylation sites is 1. The zero-order chi connectivity index (χ0) is 18.6. The first kappa shape index (κ1) is 19.3. The van der Waals surface area contributed by atoms with Crippen molar-refractivity contribution in [3.8, 4) is 0 Å². The minimum Gasteiger partial charge on any atom is -0.320 e. The lowest BCUT2D eigenvalue weighted by Crippen LogP contribution is -2.22. The summed E-state index contributed by atoms with van der Waals surface area (Å²) in [6, 6.07) is 6.11. The number of carbonyl (C=O) groups is 1. The zero-order valence-electron chi connectivity index (χ0n) is 13.4. The standard InChI is InChI=1S/C15H15F2N3O3S2/c1-20(2)25(22,23)10-6-7-14(18-8-10)24-9-13(21)19-15-11(16)4-3-5-12(15)17/h3-8H,9H2,1-2H3,(H,19,21). The van der Waals surface area contributed by atoms with Crippen LogP contribution in [0.1, 0.15) is 0 Å². The van der Waals surface area contributed by atoms with Crippen molar-refractivity contribution < 1.29 is 22.0 Å². The minimum atomic E-state index is -3.58. The first-order valence-corrected chi connectivity index (χ1v) is 9.39. The molecule has 0 saturated carbocycles. The summed E-state index contributed by atoms with van der Waals surface area (Å²) >= 11 is 1.01. The van der Waals surface area contributed by atoms with E-state index in [9.17, 15) is 22.0 Å². The average Bonchev–Trinajstić information content (AvgIpc) is 2.56. The molecule has 1 aromatic carbocycles. The van der Waals surface area contributed by atoms with E-state index >= 15 is 0 Å². The van der Waals surface area contributed by atoms with E-state index in [0.29, 0.717) is 5.03 Å². The van der Waals surface area contributed by atoms with E-state index < -0.39 is 33.3 Å². The Kier molecular flexibility index (Phi) is 6.09. The number of aromatic nitrogens is 1. The first-order valence-electron chi connectivity index (χ1n) is 6.97. The number of sulfonamides is 1. The molecule has 1 heterocycles. The van der Waals surface area contributed by atoms with Gasteiger partial charge in [-0.2, -0.15) is 0 Å². The van der Waals surface area contributed by atoms with Gasteiger partial charge in [-0.15, -0.1) is 0 Å². The third-order valence-electron chi connectivity index (χ3n) is 3.07. The highest BCUT2D eigenvalue weighted by molar-refractivity contribution is 7.99. The lowest BCUT2D eigenvalue weighted by atomic mass is 10.3. The van der Waals surface area contributed by atoms with E-state index in [1.807, 2.05) is 0 Å². The van der Waals surface area contributed by atoms with Crippen molar-refractivity contribution in [3.05, 3.63) is 48.2 Å². The van der Waals surface area contributed by atoms with Gasteiger partial charge in [0.2, 0.25) is 15.9 Å². The molecule has 1 amide bonds. The second-order valence-electron chi connectivity index (χ2n) is 5.05. The van der Waals surface area contributed by atoms with E-state index in [2.05, 4.69) is 10.3 Å². The zero-order valence-corrected chi connectivity index (χ0v) is 15.0. The van der Waals surface area contributed by atoms with Gasteiger partial charge in [0.05, 0.1) is 10.8 Å². The van der Waals surface area contributed by atoms with Crippen LogP contribution >= 0.6 is 11.8 Å². The van der Waals surface area contributed by atoms with Crippen LogP contribution in [0.3, 0.4) is 0 Å². The molecule has 0 aliphatic heterocycles. The number of benzene rings is 1. The predicted octanol–water partition coefficient (Wildman–Crippen LogP) is 2.34. The quantitative estimate of drug-likeness (QED) is 0.770. The Balaban J connectivity index is 1.99. The Labute approximate surface area is 148 Å². The molecule has 25 heavy (non-hydrogen) atoms. The molecule has 0 saturated heterocycles. The number of pyridine rings is 1. The minimum absolute atomic E-state index is 0.0275. The Morgan fingerprint density at radius 3 is 2.36 bits per heavy atom. The summed E-state index contributed by atoms with van der Waals surface area (Å²) in [7, 11) is -0.762. The van der Waals surface area contributed by atoms with Crippen molar-refractivity contribution in [2.24, 2.45) is 0 Å². The van der Waals surface area contributed by atoms with Crippen LogP contribution in [-0.4, -0.2) is 43.5 Å². The smallest absolute Gasteiger partial charge is 0.244 e. The molecule has 0 unspecified atom stereocenters. The molecule has 2 rings (SSSR count). The molecule has 0 spiro atoms. The van der Waals surface area contributed by atoms with E-state index in [0.717, 1.165) is 28.2 Å². The van der Waals surface area contributed by atoms with Gasteiger partial charge in [0.25, 0.3) is 0 Å². The van der Waals surface area contributed by atoms with E-state index in [-0.39, 0.29) is 10.6 Å².